The van der Waals surface area contributed by atoms with Gasteiger partial charge in [-0.25, -0.2) is 0 Å². The molecular weight excluding hydrogens is 420 g/mol. The molecule has 0 fully saturated rings. The molecule has 1 atom stereocenters. The predicted molar refractivity (Wildman–Crippen MR) is 145 cm³/mol. The molecule has 1 rings (SSSR count). The van der Waals surface area contributed by atoms with Crippen molar-refractivity contribution in [1.82, 2.24) is 0 Å². The van der Waals surface area contributed by atoms with Crippen LogP contribution in [0.2, 0.25) is 0 Å². The Bertz CT molecular complexity index is 774. The molecule has 1 N–H and O–H groups in total. The summed E-state index contributed by atoms with van der Waals surface area (Å²) < 4.78 is 0. The Balaban J connectivity index is 2.46. The maximum atomic E-state index is 12.7. The number of rotatable bonds is 15. The van der Waals surface area contributed by atoms with Crippen molar-refractivity contribution < 1.29 is 14.7 Å². The van der Waals surface area contributed by atoms with Crippen LogP contribution in [-0.4, -0.2) is 22.3 Å². The van der Waals surface area contributed by atoms with E-state index >= 15 is 0 Å². The third-order valence-electron chi connectivity index (χ3n) is 8.14. The summed E-state index contributed by atoms with van der Waals surface area (Å²) in [7, 11) is 0. The second-order valence-corrected chi connectivity index (χ2v) is 13.3. The SMILES string of the molecule is CC1=C(C)C(=O)C(CC[C@@](C)(O)CCCC(C)(C)CCCC(C)(C)CCCC(C)C)=C(C)C1=O. The summed E-state index contributed by atoms with van der Waals surface area (Å²) in [5.41, 5.74) is 2.12. The van der Waals surface area contributed by atoms with E-state index in [0.29, 0.717) is 40.5 Å². The molecule has 0 aromatic carbocycles. The third kappa shape index (κ3) is 10.2. The Kier molecular flexibility index (Phi) is 11.5. The van der Waals surface area contributed by atoms with Gasteiger partial charge < -0.3 is 5.11 Å². The Morgan fingerprint density at radius 3 is 1.59 bits per heavy atom. The van der Waals surface area contributed by atoms with Crippen LogP contribution in [0, 0.1) is 16.7 Å². The predicted octanol–water partition coefficient (Wildman–Crippen LogP) is 8.54. The van der Waals surface area contributed by atoms with Crippen molar-refractivity contribution in [3.05, 3.63) is 22.3 Å². The van der Waals surface area contributed by atoms with E-state index in [1.165, 1.54) is 38.5 Å². The van der Waals surface area contributed by atoms with E-state index in [-0.39, 0.29) is 17.0 Å². The average Bonchev–Trinajstić information content (AvgIpc) is 2.69. The van der Waals surface area contributed by atoms with Crippen molar-refractivity contribution in [2.24, 2.45) is 16.7 Å². The van der Waals surface area contributed by atoms with Gasteiger partial charge in [0, 0.05) is 22.3 Å². The summed E-state index contributed by atoms with van der Waals surface area (Å²) in [6, 6.07) is 0. The molecule has 0 unspecified atom stereocenters. The number of hydrogen-bond acceptors (Lipinski definition) is 3. The first-order chi connectivity index (χ1) is 15.5. The number of Topliss-reactive ketones (excluding diaryl/α,β-unsaturated/α-hetero) is 2. The second-order valence-electron chi connectivity index (χ2n) is 13.3. The van der Waals surface area contributed by atoms with Crippen molar-refractivity contribution in [2.45, 2.75) is 145 Å². The first-order valence-electron chi connectivity index (χ1n) is 13.7. The van der Waals surface area contributed by atoms with Crippen LogP contribution in [0.4, 0.5) is 0 Å². The first-order valence-corrected chi connectivity index (χ1v) is 13.7. The van der Waals surface area contributed by atoms with Gasteiger partial charge in [-0.05, 0) is 89.4 Å². The molecule has 0 saturated heterocycles. The van der Waals surface area contributed by atoms with Crippen molar-refractivity contribution in [2.75, 3.05) is 0 Å². The summed E-state index contributed by atoms with van der Waals surface area (Å²) in [4.78, 5) is 25.1. The molecule has 0 aromatic heterocycles. The van der Waals surface area contributed by atoms with Crippen LogP contribution >= 0.6 is 0 Å². The molecule has 0 amide bonds. The molecule has 34 heavy (non-hydrogen) atoms. The normalized spacial score (nSPS) is 17.8. The Morgan fingerprint density at radius 2 is 1.09 bits per heavy atom. The van der Waals surface area contributed by atoms with Gasteiger partial charge in [-0.15, -0.1) is 0 Å². The number of carbonyl (C=O) groups excluding carboxylic acids is 2. The average molecular weight is 475 g/mol. The minimum absolute atomic E-state index is 0.0290. The van der Waals surface area contributed by atoms with Gasteiger partial charge in [0.15, 0.2) is 11.6 Å². The molecule has 0 spiro atoms. The third-order valence-corrected chi connectivity index (χ3v) is 8.14. The zero-order valence-electron chi connectivity index (χ0n) is 24.1. The van der Waals surface area contributed by atoms with Crippen LogP contribution in [0.1, 0.15) is 140 Å². The Morgan fingerprint density at radius 1 is 0.647 bits per heavy atom. The minimum Gasteiger partial charge on any atom is -0.390 e. The first kappa shape index (κ1) is 30.8. The fourth-order valence-corrected chi connectivity index (χ4v) is 5.21. The molecule has 1 aliphatic rings. The van der Waals surface area contributed by atoms with Gasteiger partial charge in [0.2, 0.25) is 0 Å². The molecule has 0 heterocycles. The van der Waals surface area contributed by atoms with E-state index < -0.39 is 5.60 Å². The highest BCUT2D eigenvalue weighted by Gasteiger charge is 2.30. The summed E-state index contributed by atoms with van der Waals surface area (Å²) in [5.74, 6) is 0.735. The lowest BCUT2D eigenvalue weighted by atomic mass is 9.76. The number of allylic oxidation sites excluding steroid dienone is 4. The van der Waals surface area contributed by atoms with E-state index in [2.05, 4.69) is 41.5 Å². The van der Waals surface area contributed by atoms with E-state index in [9.17, 15) is 14.7 Å². The van der Waals surface area contributed by atoms with Crippen molar-refractivity contribution in [1.29, 1.82) is 0 Å². The van der Waals surface area contributed by atoms with Gasteiger partial charge in [0.05, 0.1) is 5.60 Å². The quantitative estimate of drug-likeness (QED) is 0.242. The topological polar surface area (TPSA) is 54.4 Å². The molecule has 196 valence electrons. The highest BCUT2D eigenvalue weighted by Crippen LogP contribution is 2.37. The molecular formula is C31H54O3. The van der Waals surface area contributed by atoms with Gasteiger partial charge in [-0.3, -0.25) is 9.59 Å². The lowest BCUT2D eigenvalue weighted by molar-refractivity contribution is -0.116. The Labute approximate surface area is 210 Å². The van der Waals surface area contributed by atoms with Crippen LogP contribution in [0.15, 0.2) is 22.3 Å². The molecule has 0 saturated carbocycles. The zero-order chi connectivity index (χ0) is 26.3. The Hall–Kier alpha value is -1.22. The van der Waals surface area contributed by atoms with Gasteiger partial charge in [-0.2, -0.15) is 0 Å². The van der Waals surface area contributed by atoms with Crippen LogP contribution < -0.4 is 0 Å². The van der Waals surface area contributed by atoms with E-state index in [0.717, 1.165) is 25.2 Å². The van der Waals surface area contributed by atoms with E-state index in [1.54, 1.807) is 20.8 Å². The lowest BCUT2D eigenvalue weighted by Crippen LogP contribution is -2.27. The molecule has 0 aliphatic heterocycles. The molecule has 0 aromatic rings. The smallest absolute Gasteiger partial charge is 0.185 e. The van der Waals surface area contributed by atoms with Crippen LogP contribution in [0.25, 0.3) is 0 Å². The lowest BCUT2D eigenvalue weighted by Gasteiger charge is -2.31. The number of aliphatic hydroxyl groups is 1. The van der Waals surface area contributed by atoms with Crippen LogP contribution in [0.5, 0.6) is 0 Å². The van der Waals surface area contributed by atoms with Gasteiger partial charge in [0.1, 0.15) is 0 Å². The van der Waals surface area contributed by atoms with Gasteiger partial charge in [0.25, 0.3) is 0 Å². The number of carbonyl (C=O) groups is 2. The van der Waals surface area contributed by atoms with Crippen molar-refractivity contribution in [3.8, 4) is 0 Å². The maximum absolute atomic E-state index is 12.7. The largest absolute Gasteiger partial charge is 0.390 e. The molecule has 0 radical (unpaired) electrons. The summed E-state index contributed by atoms with van der Waals surface area (Å²) in [6.45, 7) is 21.2. The van der Waals surface area contributed by atoms with E-state index in [1.807, 2.05) is 6.92 Å². The minimum atomic E-state index is -0.824. The highest BCUT2D eigenvalue weighted by molar-refractivity contribution is 6.24. The molecule has 3 nitrogen and oxygen atoms in total. The molecule has 1 aliphatic carbocycles. The van der Waals surface area contributed by atoms with E-state index in [4.69, 9.17) is 0 Å². The second kappa shape index (κ2) is 12.7. The monoisotopic (exact) mass is 474 g/mol. The summed E-state index contributed by atoms with van der Waals surface area (Å²) in [5, 5.41) is 11.0. The standard InChI is InChI=1S/C31H54O3/c1-22(2)14-11-16-29(6,7)17-12-18-30(8,9)19-13-20-31(10,34)21-15-26-25(5)27(32)23(3)24(4)28(26)33/h22,34H,11-21H2,1-10H3/t31-/m0/s1. The molecule has 3 heteroatoms. The number of hydrogen-bond donors (Lipinski definition) is 1. The van der Waals surface area contributed by atoms with Crippen molar-refractivity contribution >= 4 is 11.6 Å². The van der Waals surface area contributed by atoms with Gasteiger partial charge >= 0.3 is 0 Å². The van der Waals surface area contributed by atoms with Crippen LogP contribution in [0.3, 0.4) is 0 Å². The van der Waals surface area contributed by atoms with Gasteiger partial charge in [-0.1, -0.05) is 67.2 Å². The fraction of sp³-hybridized carbons (Fsp3) is 0.806. The summed E-state index contributed by atoms with van der Waals surface area (Å²) in [6.07, 6.45) is 11.5. The van der Waals surface area contributed by atoms with Crippen LogP contribution in [-0.2, 0) is 9.59 Å². The number of ketones is 2. The maximum Gasteiger partial charge on any atom is 0.185 e. The highest BCUT2D eigenvalue weighted by atomic mass is 16.3. The molecule has 0 bridgehead atoms. The zero-order valence-corrected chi connectivity index (χ0v) is 24.1. The van der Waals surface area contributed by atoms with Crippen molar-refractivity contribution in [3.63, 3.8) is 0 Å². The summed E-state index contributed by atoms with van der Waals surface area (Å²) >= 11 is 0. The fourth-order valence-electron chi connectivity index (χ4n) is 5.21.